The fourth-order valence-corrected chi connectivity index (χ4v) is 2.92. The van der Waals surface area contributed by atoms with Crippen molar-refractivity contribution in [3.05, 3.63) is 70.8 Å². The van der Waals surface area contributed by atoms with E-state index in [1.807, 2.05) is 0 Å². The lowest BCUT2D eigenvalue weighted by atomic mass is 10.1. The Kier molecular flexibility index (Phi) is 5.74. The molecule has 0 N–H and O–H groups in total. The van der Waals surface area contributed by atoms with Gasteiger partial charge in [-0.2, -0.15) is 0 Å². The summed E-state index contributed by atoms with van der Waals surface area (Å²) in [6.07, 6.45) is 1.51. The van der Waals surface area contributed by atoms with Crippen LogP contribution in [0.4, 0.5) is 0 Å². The summed E-state index contributed by atoms with van der Waals surface area (Å²) in [5, 5.41) is 11.1. The highest BCUT2D eigenvalue weighted by Gasteiger charge is 2.35. The zero-order valence-electron chi connectivity index (χ0n) is 15.7. The number of carboxylic acids is 1. The van der Waals surface area contributed by atoms with Gasteiger partial charge in [-0.3, -0.25) is 19.4 Å². The zero-order chi connectivity index (χ0) is 21.1. The molecule has 1 saturated heterocycles. The third kappa shape index (κ3) is 4.33. The number of aromatic carboxylic acids is 1. The lowest BCUT2D eigenvalue weighted by Gasteiger charge is -2.31. The molecule has 3 rings (SSSR count). The molecule has 2 aromatic carbocycles. The van der Waals surface area contributed by atoms with Gasteiger partial charge in [0.25, 0.3) is 11.8 Å². The molecular weight excluding hydrogens is 392 g/mol. The number of nitrogens with zero attached hydrogens (tertiary/aromatic N) is 2. The molecule has 2 amide bonds. The molecule has 0 spiro atoms. The lowest BCUT2D eigenvalue weighted by molar-refractivity contribution is -0.255. The average Bonchev–Trinajstić information content (AvgIpc) is 2.73. The summed E-state index contributed by atoms with van der Waals surface area (Å²) in [5.74, 6) is -1.59. The van der Waals surface area contributed by atoms with Gasteiger partial charge in [-0.25, -0.2) is 0 Å². The van der Waals surface area contributed by atoms with Crippen molar-refractivity contribution in [3.8, 4) is 5.75 Å². The van der Waals surface area contributed by atoms with E-state index in [0.717, 1.165) is 0 Å². The number of carboxylic acid groups (broad SMARTS) is 1. The molecule has 2 aromatic rings. The van der Waals surface area contributed by atoms with Crippen molar-refractivity contribution in [1.29, 1.82) is 0 Å². The van der Waals surface area contributed by atoms with Crippen molar-refractivity contribution in [3.63, 3.8) is 0 Å². The minimum Gasteiger partial charge on any atom is -0.545 e. The van der Waals surface area contributed by atoms with Crippen LogP contribution in [-0.4, -0.2) is 46.8 Å². The van der Waals surface area contributed by atoms with Gasteiger partial charge in [0, 0.05) is 14.1 Å². The van der Waals surface area contributed by atoms with E-state index in [4.69, 9.17) is 17.0 Å². The summed E-state index contributed by atoms with van der Waals surface area (Å²) >= 11 is 5.06. The van der Waals surface area contributed by atoms with E-state index in [-0.39, 0.29) is 22.9 Å². The van der Waals surface area contributed by atoms with Crippen molar-refractivity contribution >= 4 is 41.2 Å². The Morgan fingerprint density at radius 1 is 1.07 bits per heavy atom. The molecule has 8 heteroatoms. The first kappa shape index (κ1) is 20.2. The molecular formula is C21H17N2O5S-. The number of hydrogen-bond donors (Lipinski definition) is 0. The molecule has 148 valence electrons. The van der Waals surface area contributed by atoms with Crippen molar-refractivity contribution in [2.75, 3.05) is 14.1 Å². The van der Waals surface area contributed by atoms with Gasteiger partial charge in [-0.15, -0.1) is 0 Å². The highest BCUT2D eigenvalue weighted by atomic mass is 32.1. The van der Waals surface area contributed by atoms with E-state index < -0.39 is 17.8 Å². The summed E-state index contributed by atoms with van der Waals surface area (Å²) < 4.78 is 5.66. The minimum atomic E-state index is -1.24. The Morgan fingerprint density at radius 3 is 2.28 bits per heavy atom. The highest BCUT2D eigenvalue weighted by molar-refractivity contribution is 7.80. The second-order valence-electron chi connectivity index (χ2n) is 6.41. The topological polar surface area (TPSA) is 90.0 Å². The van der Waals surface area contributed by atoms with Gasteiger partial charge >= 0.3 is 0 Å². The van der Waals surface area contributed by atoms with Gasteiger partial charge < -0.3 is 14.6 Å². The monoisotopic (exact) mass is 409 g/mol. The summed E-state index contributed by atoms with van der Waals surface area (Å²) in [7, 11) is 3.04. The van der Waals surface area contributed by atoms with Gasteiger partial charge in [0.15, 0.2) is 5.11 Å². The third-order valence-corrected chi connectivity index (χ3v) is 4.95. The molecule has 1 heterocycles. The molecule has 0 saturated carbocycles. The van der Waals surface area contributed by atoms with Crippen LogP contribution >= 0.6 is 12.2 Å². The van der Waals surface area contributed by atoms with Crippen LogP contribution in [0.5, 0.6) is 5.75 Å². The fraction of sp³-hybridized carbons (Fsp3) is 0.143. The Bertz CT molecular complexity index is 1000. The Balaban J connectivity index is 1.72. The Labute approximate surface area is 172 Å². The van der Waals surface area contributed by atoms with Crippen molar-refractivity contribution in [2.24, 2.45) is 0 Å². The van der Waals surface area contributed by atoms with Gasteiger partial charge in [0.05, 0.1) is 5.97 Å². The first-order valence-corrected chi connectivity index (χ1v) is 9.03. The van der Waals surface area contributed by atoms with Crippen LogP contribution in [0.25, 0.3) is 6.08 Å². The van der Waals surface area contributed by atoms with Crippen LogP contribution in [0.15, 0.2) is 54.1 Å². The van der Waals surface area contributed by atoms with Crippen molar-refractivity contribution < 1.29 is 24.2 Å². The number of rotatable bonds is 5. The quantitative estimate of drug-likeness (QED) is 0.419. The minimum absolute atomic E-state index is 0.0244. The smallest absolute Gasteiger partial charge is 0.265 e. The van der Waals surface area contributed by atoms with Gasteiger partial charge in [0.1, 0.15) is 17.9 Å². The largest absolute Gasteiger partial charge is 0.545 e. The number of benzene rings is 2. The van der Waals surface area contributed by atoms with Crippen LogP contribution in [0.2, 0.25) is 0 Å². The first-order chi connectivity index (χ1) is 13.8. The molecule has 1 aliphatic rings. The van der Waals surface area contributed by atoms with Crippen LogP contribution < -0.4 is 9.84 Å². The molecule has 7 nitrogen and oxygen atoms in total. The molecule has 0 atom stereocenters. The molecule has 0 unspecified atom stereocenters. The van der Waals surface area contributed by atoms with Crippen LogP contribution in [0, 0.1) is 0 Å². The predicted octanol–water partition coefficient (Wildman–Crippen LogP) is 1.23. The molecule has 29 heavy (non-hydrogen) atoms. The number of likely N-dealkylation sites (N-methyl/N-ethyl adjacent to an activating group) is 2. The fourth-order valence-electron chi connectivity index (χ4n) is 2.76. The number of ether oxygens (including phenoxy) is 1. The Morgan fingerprint density at radius 2 is 1.69 bits per heavy atom. The molecule has 0 bridgehead atoms. The van der Waals surface area contributed by atoms with Crippen molar-refractivity contribution in [1.82, 2.24) is 9.80 Å². The highest BCUT2D eigenvalue weighted by Crippen LogP contribution is 2.20. The molecule has 0 aliphatic carbocycles. The zero-order valence-corrected chi connectivity index (χ0v) is 16.6. The number of hydrogen-bond acceptors (Lipinski definition) is 6. The van der Waals surface area contributed by atoms with E-state index in [1.54, 1.807) is 36.4 Å². The maximum Gasteiger partial charge on any atom is 0.265 e. The van der Waals surface area contributed by atoms with Gasteiger partial charge in [0.2, 0.25) is 0 Å². The van der Waals surface area contributed by atoms with E-state index in [2.05, 4.69) is 0 Å². The molecule has 0 radical (unpaired) electrons. The van der Waals surface area contributed by atoms with Crippen molar-refractivity contribution in [2.45, 2.75) is 6.61 Å². The summed E-state index contributed by atoms with van der Waals surface area (Å²) in [6, 6.07) is 13.2. The Hall–Kier alpha value is -3.52. The standard InChI is InChI=1S/C21H18N2O5S/c1-22-18(24)17(19(25)23(2)21(22)29)11-13-6-8-16(9-7-13)28-12-14-4-3-5-15(10-14)20(26)27/h3-11H,12H2,1-2H3,(H,26,27)/p-1. The SMILES string of the molecule is CN1C(=O)C(=Cc2ccc(OCc3cccc(C(=O)[O-])c3)cc2)C(=O)N(C)C1=S. The average molecular weight is 409 g/mol. The van der Waals surface area contributed by atoms with E-state index in [0.29, 0.717) is 16.9 Å². The normalized spacial score (nSPS) is 14.3. The van der Waals surface area contributed by atoms with E-state index in [1.165, 1.54) is 42.1 Å². The van der Waals surface area contributed by atoms with Crippen LogP contribution in [0.3, 0.4) is 0 Å². The summed E-state index contributed by atoms with van der Waals surface area (Å²) in [6.45, 7) is 0.186. The number of amides is 2. The number of carbonyl (C=O) groups excluding carboxylic acids is 3. The molecule has 1 aliphatic heterocycles. The molecule has 0 aromatic heterocycles. The summed E-state index contributed by atoms with van der Waals surface area (Å²) in [4.78, 5) is 38.1. The second-order valence-corrected chi connectivity index (χ2v) is 6.78. The van der Waals surface area contributed by atoms with Crippen LogP contribution in [0.1, 0.15) is 21.5 Å². The van der Waals surface area contributed by atoms with E-state index >= 15 is 0 Å². The number of thiocarbonyl (C=S) groups is 1. The maximum absolute atomic E-state index is 12.3. The maximum atomic E-state index is 12.3. The number of carbonyl (C=O) groups is 3. The van der Waals surface area contributed by atoms with Gasteiger partial charge in [-0.05, 0) is 53.2 Å². The van der Waals surface area contributed by atoms with E-state index in [9.17, 15) is 19.5 Å². The first-order valence-electron chi connectivity index (χ1n) is 8.63. The van der Waals surface area contributed by atoms with Gasteiger partial charge in [-0.1, -0.05) is 30.3 Å². The third-order valence-electron chi connectivity index (χ3n) is 4.40. The lowest BCUT2D eigenvalue weighted by Crippen LogP contribution is -2.52. The molecule has 1 fully saturated rings. The van der Waals surface area contributed by atoms with Crippen LogP contribution in [-0.2, 0) is 16.2 Å². The summed E-state index contributed by atoms with van der Waals surface area (Å²) in [5.41, 5.74) is 1.46. The second kappa shape index (κ2) is 8.24. The predicted molar refractivity (Wildman–Crippen MR) is 108 cm³/mol.